The topological polar surface area (TPSA) is 416 Å². The second-order valence-electron chi connectivity index (χ2n) is 17.8. The number of carboxylic acids is 1. The van der Waals surface area contributed by atoms with E-state index in [0.29, 0.717) is 22.6 Å². The smallest absolute Gasteiger partial charge is 0.326 e. The van der Waals surface area contributed by atoms with Gasteiger partial charge in [0.2, 0.25) is 35.4 Å². The molecule has 26 nitrogen and oxygen atoms in total. The van der Waals surface area contributed by atoms with Crippen LogP contribution in [-0.4, -0.2) is 150 Å². The van der Waals surface area contributed by atoms with Crippen molar-refractivity contribution in [3.05, 3.63) is 102 Å². The lowest BCUT2D eigenvalue weighted by molar-refractivity contribution is -0.142. The first-order valence-electron chi connectivity index (χ1n) is 24.2. The van der Waals surface area contributed by atoms with Crippen LogP contribution in [0.15, 0.2) is 89.5 Å². The van der Waals surface area contributed by atoms with Crippen molar-refractivity contribution >= 4 is 76.0 Å². The summed E-state index contributed by atoms with van der Waals surface area (Å²) < 4.78 is 1.23. The number of thioether (sulfide) groups is 1. The van der Waals surface area contributed by atoms with Crippen molar-refractivity contribution in [3.8, 4) is 0 Å². The summed E-state index contributed by atoms with van der Waals surface area (Å²) in [7, 11) is 0. The minimum atomic E-state index is -1.53. The van der Waals surface area contributed by atoms with E-state index < -0.39 is 83.7 Å². The molecule has 2 bridgehead atoms. The number of nitrogens with two attached hydrogens (primary N) is 4. The zero-order valence-electron chi connectivity index (χ0n) is 41.2. The number of carbonyl (C=O) groups excluding carboxylic acids is 6. The number of carbonyl (C=O) groups is 7. The number of aliphatic carboxylic acids is 1. The molecule has 0 fully saturated rings. The van der Waals surface area contributed by atoms with Crippen LogP contribution >= 0.6 is 11.8 Å². The molecule has 1 aliphatic rings. The number of aliphatic imine (C=N–C) groups is 2. The molecule has 0 aliphatic carbocycles. The number of rotatable bonds is 20. The van der Waals surface area contributed by atoms with E-state index in [4.69, 9.17) is 22.9 Å². The number of amides is 6. The molecule has 0 unspecified atom stereocenters. The van der Waals surface area contributed by atoms with E-state index in [1.54, 1.807) is 48.9 Å². The number of nitrogens with one attached hydrogen (secondary N) is 8. The van der Waals surface area contributed by atoms with E-state index >= 15 is 0 Å². The maximum Gasteiger partial charge on any atom is 0.326 e. The van der Waals surface area contributed by atoms with Crippen molar-refractivity contribution in [2.24, 2.45) is 32.9 Å². The SMILES string of the molecule is CSCC[C@H](NC(=O)[C@@H]1Cc2cn(nn2)[C@@H](CCCN=C(N)N)C(=O)N[C@@H](Cc2cnc[nH]2)C(=O)N[C@H](Cc2ccccc2)C(=O)N[C@@H](CCCN=C(N)N)C(=O)N[C@@H](Cc2c[nH]c3ccccc23)C(=O)N1)C(=O)O. The van der Waals surface area contributed by atoms with Gasteiger partial charge in [0.25, 0.3) is 0 Å². The second kappa shape index (κ2) is 27.5. The number of hydrogen-bond acceptors (Lipinski definition) is 13. The van der Waals surface area contributed by atoms with Gasteiger partial charge in [-0.1, -0.05) is 53.7 Å². The second-order valence-corrected chi connectivity index (χ2v) is 18.8. The number of benzene rings is 2. The minimum absolute atomic E-state index is 0.0524. The standard InChI is InChI=1S/C48H64N18O8S/c1-75-18-15-34(46(73)74)59-43(70)38-22-30-25-66(65-64-30)39(14-8-17-55-48(51)52)45(72)63-37(21-29-24-53-26-57-29)44(71)60-35(19-27-9-3-2-4-10-27)41(68)58-33(13-7-16-54-47(49)50)40(67)61-36(42(69)62-38)20-28-23-56-32-12-6-5-11-31(28)32/h2-6,9-12,23-26,33-39,56H,7-8,13-22H2,1H3,(H,53,57)(H,58,68)(H,59,70)(H,60,71)(H,61,67)(H,62,69)(H,63,72)(H,73,74)(H4,49,50,54)(H4,51,52,55)/t33-,34-,35+,36-,37-,38-,39-/m0/s1. The number of hydrogen-bond donors (Lipinski definition) is 13. The molecule has 7 atom stereocenters. The number of H-pyrrole nitrogens is 2. The molecule has 4 heterocycles. The van der Waals surface area contributed by atoms with E-state index in [9.17, 15) is 38.7 Å². The van der Waals surface area contributed by atoms with Gasteiger partial charge < -0.3 is 69.9 Å². The van der Waals surface area contributed by atoms with E-state index in [2.05, 4.69) is 67.1 Å². The molecule has 400 valence electrons. The molecule has 0 spiro atoms. The number of para-hydroxylation sites is 1. The molecule has 3 aromatic heterocycles. The molecule has 75 heavy (non-hydrogen) atoms. The largest absolute Gasteiger partial charge is 0.480 e. The van der Waals surface area contributed by atoms with Gasteiger partial charge >= 0.3 is 5.97 Å². The van der Waals surface area contributed by atoms with Crippen molar-refractivity contribution in [2.75, 3.05) is 25.1 Å². The van der Waals surface area contributed by atoms with Crippen LogP contribution in [0.2, 0.25) is 0 Å². The lowest BCUT2D eigenvalue weighted by atomic mass is 10.0. The third-order valence-electron chi connectivity index (χ3n) is 12.2. The number of aromatic amines is 2. The fraction of sp³-hybridized carbons (Fsp3) is 0.417. The van der Waals surface area contributed by atoms with Crippen LogP contribution in [0, 0.1) is 0 Å². The van der Waals surface area contributed by atoms with Crippen LogP contribution in [0.4, 0.5) is 0 Å². The number of carboxylic acid groups (broad SMARTS) is 1. The van der Waals surface area contributed by atoms with Crippen LogP contribution in [-0.2, 0) is 59.2 Å². The van der Waals surface area contributed by atoms with Crippen molar-refractivity contribution in [3.63, 3.8) is 0 Å². The van der Waals surface area contributed by atoms with Crippen molar-refractivity contribution in [1.82, 2.24) is 61.8 Å². The van der Waals surface area contributed by atoms with Gasteiger partial charge in [-0.2, -0.15) is 11.8 Å². The average molecular weight is 1050 g/mol. The normalized spacial score (nSPS) is 20.3. The first-order chi connectivity index (χ1) is 36.1. The van der Waals surface area contributed by atoms with Gasteiger partial charge in [0.05, 0.1) is 12.0 Å². The Labute approximate surface area is 435 Å². The number of guanidine groups is 2. The van der Waals surface area contributed by atoms with Gasteiger partial charge in [-0.05, 0) is 61.3 Å². The summed E-state index contributed by atoms with van der Waals surface area (Å²) in [5.41, 5.74) is 24.9. The Morgan fingerprint density at radius 3 is 2.05 bits per heavy atom. The van der Waals surface area contributed by atoms with Gasteiger partial charge in [0, 0.05) is 74.0 Å². The maximum absolute atomic E-state index is 14.9. The zero-order valence-corrected chi connectivity index (χ0v) is 42.1. The quantitative estimate of drug-likeness (QED) is 0.0231. The maximum atomic E-state index is 14.9. The summed E-state index contributed by atoms with van der Waals surface area (Å²) in [5, 5.41) is 35.9. The Balaban J connectivity index is 1.47. The van der Waals surface area contributed by atoms with Crippen LogP contribution in [0.3, 0.4) is 0 Å². The van der Waals surface area contributed by atoms with E-state index in [0.717, 1.165) is 10.9 Å². The summed E-state index contributed by atoms with van der Waals surface area (Å²) in [5.74, 6) is -6.10. The molecule has 0 saturated heterocycles. The van der Waals surface area contributed by atoms with Crippen LogP contribution in [0.5, 0.6) is 0 Å². The Morgan fingerprint density at radius 2 is 1.39 bits per heavy atom. The molecule has 5 aromatic rings. The van der Waals surface area contributed by atoms with E-state index in [-0.39, 0.29) is 88.5 Å². The third-order valence-corrected chi connectivity index (χ3v) is 12.9. The molecule has 2 aromatic carbocycles. The molecule has 6 rings (SSSR count). The van der Waals surface area contributed by atoms with Gasteiger partial charge in [-0.3, -0.25) is 38.8 Å². The molecule has 0 saturated carbocycles. The molecule has 6 amide bonds. The van der Waals surface area contributed by atoms with E-state index in [1.807, 2.05) is 18.2 Å². The molecular formula is C48H64N18O8S. The summed E-state index contributed by atoms with van der Waals surface area (Å²) in [6.07, 6.45) is 7.52. The predicted octanol–water partition coefficient (Wildman–Crippen LogP) is -1.84. The molecule has 17 N–H and O–H groups in total. The summed E-state index contributed by atoms with van der Waals surface area (Å²) in [6, 6.07) is 6.57. The fourth-order valence-corrected chi connectivity index (χ4v) is 8.83. The first kappa shape index (κ1) is 55.8. The molecule has 1 aliphatic heterocycles. The summed E-state index contributed by atoms with van der Waals surface area (Å²) >= 11 is 1.38. The highest BCUT2D eigenvalue weighted by Gasteiger charge is 2.36. The van der Waals surface area contributed by atoms with Crippen LogP contribution in [0.1, 0.15) is 60.7 Å². The highest BCUT2D eigenvalue weighted by Crippen LogP contribution is 2.21. The Kier molecular flexibility index (Phi) is 20.5. The predicted molar refractivity (Wildman–Crippen MR) is 279 cm³/mol. The van der Waals surface area contributed by atoms with Crippen LogP contribution < -0.4 is 54.8 Å². The third kappa shape index (κ3) is 16.8. The van der Waals surface area contributed by atoms with Crippen LogP contribution in [0.25, 0.3) is 10.9 Å². The van der Waals surface area contributed by atoms with Gasteiger partial charge in [-0.25, -0.2) is 14.5 Å². The monoisotopic (exact) mass is 1050 g/mol. The lowest BCUT2D eigenvalue weighted by Crippen LogP contribution is -2.60. The summed E-state index contributed by atoms with van der Waals surface area (Å²) in [6.45, 7) is 0.175. The zero-order chi connectivity index (χ0) is 53.9. The lowest BCUT2D eigenvalue weighted by Gasteiger charge is -2.28. The fourth-order valence-electron chi connectivity index (χ4n) is 8.36. The van der Waals surface area contributed by atoms with Crippen molar-refractivity contribution in [2.45, 2.75) is 100 Å². The molecule has 27 heteroatoms. The minimum Gasteiger partial charge on any atom is -0.480 e. The van der Waals surface area contributed by atoms with Crippen molar-refractivity contribution in [1.29, 1.82) is 0 Å². The van der Waals surface area contributed by atoms with Gasteiger partial charge in [0.1, 0.15) is 42.3 Å². The highest BCUT2D eigenvalue weighted by atomic mass is 32.2. The Hall–Kier alpha value is -8.49. The average Bonchev–Trinajstić information content (AvgIpc) is 4.17. The first-order valence-corrected chi connectivity index (χ1v) is 25.6. The summed E-state index contributed by atoms with van der Waals surface area (Å²) in [4.78, 5) is 119. The van der Waals surface area contributed by atoms with E-state index in [1.165, 1.54) is 35.2 Å². The van der Waals surface area contributed by atoms with Gasteiger partial charge in [0.15, 0.2) is 11.9 Å². The highest BCUT2D eigenvalue weighted by molar-refractivity contribution is 7.98. The Bertz CT molecular complexity index is 2790. The Morgan fingerprint density at radius 1 is 0.773 bits per heavy atom. The number of imidazole rings is 1. The molecule has 0 radical (unpaired) electrons. The molecular weight excluding hydrogens is 989 g/mol. The number of fused-ring (bicyclic) bond motifs is 3. The number of aromatic nitrogens is 6. The van der Waals surface area contributed by atoms with Crippen molar-refractivity contribution < 1.29 is 38.7 Å². The van der Waals surface area contributed by atoms with Gasteiger partial charge in [-0.15, -0.1) is 5.10 Å². The number of nitrogens with zero attached hydrogens (tertiary/aromatic N) is 6.